The zero-order valence-electron chi connectivity index (χ0n) is 13.4. The second kappa shape index (κ2) is 7.13. The molecule has 126 valence electrons. The van der Waals surface area contributed by atoms with E-state index in [9.17, 15) is 8.42 Å². The van der Waals surface area contributed by atoms with Crippen molar-refractivity contribution in [3.63, 3.8) is 0 Å². The Hall–Kier alpha value is 0.120. The van der Waals surface area contributed by atoms with Crippen molar-refractivity contribution in [3.05, 3.63) is 0 Å². The second-order valence-electron chi connectivity index (χ2n) is 7.19. The largest absolute Gasteiger partial charge is 0.329 e. The standard InChI is InChI=1S/C14H29N3O2S.ClH/c1-14(2,3)12-6-9-16(10-7-12)20(18,19)17-8-4-5-13(17)11-15;/h12-13H,4-11,15H2,1-3H3;1H. The van der Waals surface area contributed by atoms with Gasteiger partial charge in [-0.05, 0) is 37.0 Å². The van der Waals surface area contributed by atoms with Crippen LogP contribution in [0.5, 0.6) is 0 Å². The lowest BCUT2D eigenvalue weighted by Crippen LogP contribution is -2.51. The summed E-state index contributed by atoms with van der Waals surface area (Å²) in [6, 6.07) is 0.000314. The molecule has 0 aromatic rings. The fraction of sp³-hybridized carbons (Fsp3) is 1.00. The maximum Gasteiger partial charge on any atom is 0.282 e. The monoisotopic (exact) mass is 339 g/mol. The highest BCUT2D eigenvalue weighted by Gasteiger charge is 2.40. The van der Waals surface area contributed by atoms with E-state index in [-0.39, 0.29) is 23.9 Å². The first-order valence-corrected chi connectivity index (χ1v) is 9.13. The second-order valence-corrected chi connectivity index (χ2v) is 9.07. The molecule has 2 fully saturated rings. The van der Waals surface area contributed by atoms with E-state index >= 15 is 0 Å². The fourth-order valence-electron chi connectivity index (χ4n) is 3.45. The molecule has 2 rings (SSSR count). The third kappa shape index (κ3) is 4.10. The minimum absolute atomic E-state index is 0. The fourth-order valence-corrected chi connectivity index (χ4v) is 5.35. The Labute approximate surface area is 135 Å². The van der Waals surface area contributed by atoms with Crippen LogP contribution in [0.2, 0.25) is 0 Å². The smallest absolute Gasteiger partial charge is 0.282 e. The van der Waals surface area contributed by atoms with Crippen LogP contribution >= 0.6 is 12.4 Å². The van der Waals surface area contributed by atoms with Crippen molar-refractivity contribution in [2.75, 3.05) is 26.2 Å². The van der Waals surface area contributed by atoms with Crippen molar-refractivity contribution in [1.82, 2.24) is 8.61 Å². The normalized spacial score (nSPS) is 26.8. The molecule has 7 heteroatoms. The van der Waals surface area contributed by atoms with E-state index in [1.54, 1.807) is 8.61 Å². The van der Waals surface area contributed by atoms with Crippen molar-refractivity contribution >= 4 is 22.6 Å². The van der Waals surface area contributed by atoms with Gasteiger partial charge in [-0.3, -0.25) is 0 Å². The molecule has 1 atom stereocenters. The van der Waals surface area contributed by atoms with Gasteiger partial charge in [0.2, 0.25) is 0 Å². The first-order valence-electron chi connectivity index (χ1n) is 7.74. The van der Waals surface area contributed by atoms with Gasteiger partial charge in [-0.2, -0.15) is 17.0 Å². The van der Waals surface area contributed by atoms with Crippen molar-refractivity contribution in [3.8, 4) is 0 Å². The van der Waals surface area contributed by atoms with Gasteiger partial charge < -0.3 is 5.73 Å². The Morgan fingerprint density at radius 2 is 1.67 bits per heavy atom. The Kier molecular flexibility index (Phi) is 6.51. The number of piperidine rings is 1. The molecular weight excluding hydrogens is 310 g/mol. The molecular formula is C14H30ClN3O2S. The highest BCUT2D eigenvalue weighted by molar-refractivity contribution is 7.86. The van der Waals surface area contributed by atoms with E-state index in [0.29, 0.717) is 32.1 Å². The number of halogens is 1. The molecule has 0 amide bonds. The Morgan fingerprint density at radius 1 is 1.10 bits per heavy atom. The first kappa shape index (κ1) is 19.2. The van der Waals surface area contributed by atoms with Crippen LogP contribution in [0.4, 0.5) is 0 Å². The Balaban J connectivity index is 0.00000220. The number of rotatable bonds is 3. The molecule has 2 N–H and O–H groups in total. The van der Waals surface area contributed by atoms with Gasteiger partial charge in [0, 0.05) is 32.2 Å². The summed E-state index contributed by atoms with van der Waals surface area (Å²) in [5.41, 5.74) is 5.97. The molecule has 0 radical (unpaired) electrons. The zero-order chi connectivity index (χ0) is 15.0. The minimum atomic E-state index is -3.31. The summed E-state index contributed by atoms with van der Waals surface area (Å²) in [5.74, 6) is 0.609. The number of hydrogen-bond acceptors (Lipinski definition) is 3. The van der Waals surface area contributed by atoms with Crippen LogP contribution in [0.25, 0.3) is 0 Å². The number of nitrogens with zero attached hydrogens (tertiary/aromatic N) is 2. The lowest BCUT2D eigenvalue weighted by Gasteiger charge is -2.39. The van der Waals surface area contributed by atoms with Crippen LogP contribution in [0, 0.1) is 11.3 Å². The zero-order valence-corrected chi connectivity index (χ0v) is 15.0. The molecule has 2 saturated heterocycles. The van der Waals surface area contributed by atoms with Gasteiger partial charge in [-0.25, -0.2) is 0 Å². The molecule has 2 heterocycles. The maximum absolute atomic E-state index is 12.7. The van der Waals surface area contributed by atoms with Crippen LogP contribution in [0.3, 0.4) is 0 Å². The van der Waals surface area contributed by atoms with Gasteiger partial charge in [0.15, 0.2) is 0 Å². The topological polar surface area (TPSA) is 66.6 Å². The van der Waals surface area contributed by atoms with Crippen LogP contribution in [0.15, 0.2) is 0 Å². The van der Waals surface area contributed by atoms with E-state index in [2.05, 4.69) is 20.8 Å². The van der Waals surface area contributed by atoms with E-state index in [1.165, 1.54) is 0 Å². The molecule has 1 unspecified atom stereocenters. The summed E-state index contributed by atoms with van der Waals surface area (Å²) >= 11 is 0. The molecule has 2 aliphatic heterocycles. The quantitative estimate of drug-likeness (QED) is 0.853. The number of hydrogen-bond donors (Lipinski definition) is 1. The predicted octanol–water partition coefficient (Wildman–Crippen LogP) is 1.83. The molecule has 0 saturated carbocycles. The van der Waals surface area contributed by atoms with E-state index < -0.39 is 10.2 Å². The average Bonchev–Trinajstić information content (AvgIpc) is 2.87. The van der Waals surface area contributed by atoms with Crippen LogP contribution in [0.1, 0.15) is 46.5 Å². The highest BCUT2D eigenvalue weighted by atomic mass is 35.5. The molecule has 21 heavy (non-hydrogen) atoms. The van der Waals surface area contributed by atoms with Crippen molar-refractivity contribution in [2.24, 2.45) is 17.1 Å². The summed E-state index contributed by atoms with van der Waals surface area (Å²) in [5, 5.41) is 0. The Bertz CT molecular complexity index is 428. The van der Waals surface area contributed by atoms with Crippen LogP contribution in [-0.4, -0.2) is 49.2 Å². The summed E-state index contributed by atoms with van der Waals surface area (Å²) < 4.78 is 28.7. The molecule has 5 nitrogen and oxygen atoms in total. The van der Waals surface area contributed by atoms with Gasteiger partial charge >= 0.3 is 0 Å². The third-order valence-corrected chi connectivity index (χ3v) is 6.99. The summed E-state index contributed by atoms with van der Waals surface area (Å²) in [4.78, 5) is 0. The number of nitrogens with two attached hydrogens (primary N) is 1. The summed E-state index contributed by atoms with van der Waals surface area (Å²) in [7, 11) is -3.31. The highest BCUT2D eigenvalue weighted by Crippen LogP contribution is 2.35. The lowest BCUT2D eigenvalue weighted by molar-refractivity contribution is 0.149. The molecule has 0 aromatic heterocycles. The molecule has 2 aliphatic rings. The molecule has 0 spiro atoms. The van der Waals surface area contributed by atoms with E-state index in [4.69, 9.17) is 5.73 Å². The predicted molar refractivity (Wildman–Crippen MR) is 88.7 cm³/mol. The maximum atomic E-state index is 12.7. The lowest BCUT2D eigenvalue weighted by atomic mass is 9.76. The summed E-state index contributed by atoms with van der Waals surface area (Å²) in [6.07, 6.45) is 3.75. The van der Waals surface area contributed by atoms with Crippen molar-refractivity contribution in [2.45, 2.75) is 52.5 Å². The van der Waals surface area contributed by atoms with Crippen LogP contribution in [-0.2, 0) is 10.2 Å². The minimum Gasteiger partial charge on any atom is -0.329 e. The summed E-state index contributed by atoms with van der Waals surface area (Å²) in [6.45, 7) is 9.09. The van der Waals surface area contributed by atoms with Gasteiger partial charge in [-0.1, -0.05) is 20.8 Å². The average molecular weight is 340 g/mol. The van der Waals surface area contributed by atoms with E-state index in [0.717, 1.165) is 25.7 Å². The first-order chi connectivity index (χ1) is 9.26. The third-order valence-electron chi connectivity index (χ3n) is 4.90. The van der Waals surface area contributed by atoms with Gasteiger partial charge in [0.25, 0.3) is 10.2 Å². The SMILES string of the molecule is CC(C)(C)C1CCN(S(=O)(=O)N2CCCC2CN)CC1.Cl. The van der Waals surface area contributed by atoms with Gasteiger partial charge in [0.05, 0.1) is 0 Å². The molecule has 0 aromatic carbocycles. The van der Waals surface area contributed by atoms with Gasteiger partial charge in [-0.15, -0.1) is 12.4 Å². The molecule has 0 bridgehead atoms. The van der Waals surface area contributed by atoms with Crippen molar-refractivity contribution in [1.29, 1.82) is 0 Å². The van der Waals surface area contributed by atoms with Gasteiger partial charge in [0.1, 0.15) is 0 Å². The molecule has 0 aliphatic carbocycles. The van der Waals surface area contributed by atoms with Crippen molar-refractivity contribution < 1.29 is 8.42 Å². The van der Waals surface area contributed by atoms with Crippen LogP contribution < -0.4 is 5.73 Å². The van der Waals surface area contributed by atoms with E-state index in [1.807, 2.05) is 0 Å². The Morgan fingerprint density at radius 3 is 2.14 bits per heavy atom.